The predicted molar refractivity (Wildman–Crippen MR) is 427 cm³/mol. The number of piperidine rings is 5. The summed E-state index contributed by atoms with van der Waals surface area (Å²) in [6.07, 6.45) is -3.13. The van der Waals surface area contributed by atoms with E-state index < -0.39 is 88.4 Å². The van der Waals surface area contributed by atoms with Gasteiger partial charge in [-0.1, -0.05) is 55.6 Å². The third-order valence-corrected chi connectivity index (χ3v) is 20.3. The molecule has 39 heteroatoms. The van der Waals surface area contributed by atoms with E-state index in [0.717, 1.165) is 37.8 Å². The number of nitrogens with zero attached hydrogens (tertiary/aromatic N) is 6. The lowest BCUT2D eigenvalue weighted by molar-refractivity contribution is -0.140. The van der Waals surface area contributed by atoms with Crippen LogP contribution < -0.4 is 37.2 Å². The Morgan fingerprint density at radius 2 is 0.731 bits per heavy atom. The van der Waals surface area contributed by atoms with E-state index in [9.17, 15) is 96.2 Å². The maximum absolute atomic E-state index is 13.6. The van der Waals surface area contributed by atoms with Crippen molar-refractivity contribution in [2.75, 3.05) is 132 Å². The molecular weight excluding hydrogens is 1650 g/mol. The van der Waals surface area contributed by atoms with Gasteiger partial charge in [0.05, 0.1) is 69.5 Å². The Balaban J connectivity index is 0.000000231. The van der Waals surface area contributed by atoms with Crippen LogP contribution in [0.5, 0.6) is 0 Å². The van der Waals surface area contributed by atoms with Crippen LogP contribution >= 0.6 is 34.8 Å². The summed E-state index contributed by atoms with van der Waals surface area (Å²) in [5.41, 5.74) is -1.82. The van der Waals surface area contributed by atoms with Gasteiger partial charge in [-0.05, 0) is 181 Å². The molecule has 119 heavy (non-hydrogen) atoms. The zero-order valence-electron chi connectivity index (χ0n) is 66.7. The van der Waals surface area contributed by atoms with Gasteiger partial charge in [0.15, 0.2) is 0 Å². The van der Waals surface area contributed by atoms with Crippen LogP contribution in [0.2, 0.25) is 15.1 Å². The molecule has 0 saturated carbocycles. The average molecular weight is 1750 g/mol. The smallest absolute Gasteiger partial charge is 0.419 e. The number of hydrogen-bond donors (Lipinski definition) is 7. The second-order valence-electron chi connectivity index (χ2n) is 28.9. The number of hydrogen-bond acceptors (Lipinski definition) is 12. The molecule has 25 nitrogen and oxygen atoms in total. The fourth-order valence-electron chi connectivity index (χ4n) is 12.9. The molecule has 5 atom stereocenters. The van der Waals surface area contributed by atoms with Crippen LogP contribution in [-0.2, 0) is 45.8 Å². The summed E-state index contributed by atoms with van der Waals surface area (Å²) in [6.45, 7) is 16.0. The second-order valence-corrected chi connectivity index (χ2v) is 30.1. The maximum Gasteiger partial charge on any atom is 0.419 e. The van der Waals surface area contributed by atoms with Crippen LogP contribution in [0.15, 0.2) is 91.0 Å². The highest BCUT2D eigenvalue weighted by Gasteiger charge is 2.38. The van der Waals surface area contributed by atoms with Crippen LogP contribution in [0.25, 0.3) is 0 Å². The van der Waals surface area contributed by atoms with E-state index in [0.29, 0.717) is 164 Å². The van der Waals surface area contributed by atoms with Crippen LogP contribution in [0.1, 0.15) is 116 Å². The van der Waals surface area contributed by atoms with Gasteiger partial charge < -0.3 is 76.1 Å². The van der Waals surface area contributed by atoms with Gasteiger partial charge in [-0.25, -0.2) is 45.9 Å². The highest BCUT2D eigenvalue weighted by molar-refractivity contribution is 6.31. The monoisotopic (exact) mass is 1750 g/mol. The first-order valence-electron chi connectivity index (χ1n) is 38.7. The topological polar surface area (TPSA) is 293 Å². The number of alkyl halides is 6. The number of urea groups is 3. The van der Waals surface area contributed by atoms with Gasteiger partial charge in [0.25, 0.3) is 0 Å². The number of anilines is 5. The number of nitrogens with one attached hydrogen (secondary N) is 7. The van der Waals surface area contributed by atoms with E-state index in [4.69, 9.17) is 39.5 Å². The number of rotatable bonds is 16. The van der Waals surface area contributed by atoms with Crippen molar-refractivity contribution in [2.45, 2.75) is 118 Å². The van der Waals surface area contributed by atoms with Gasteiger partial charge in [0, 0.05) is 121 Å². The molecule has 7 N–H and O–H groups in total. The number of halogens is 14. The second kappa shape index (κ2) is 47.0. The van der Waals surface area contributed by atoms with Gasteiger partial charge in [-0.15, -0.1) is 0 Å². The maximum atomic E-state index is 13.6. The molecular formula is C80H99Cl3F11N13O12. The van der Waals surface area contributed by atoms with E-state index in [1.807, 2.05) is 27.7 Å². The summed E-state index contributed by atoms with van der Waals surface area (Å²) in [6, 6.07) is 16.5. The number of ether oxygens (including phenoxy) is 2. The Hall–Kier alpha value is -10.1. The fraction of sp³-hybridized carbons (Fsp3) is 0.500. The molecule has 13 amide bonds. The molecule has 5 aliphatic rings. The molecule has 0 spiro atoms. The molecule has 5 aromatic rings. The van der Waals surface area contributed by atoms with E-state index in [-0.39, 0.29) is 99.7 Å². The summed E-state index contributed by atoms with van der Waals surface area (Å²) >= 11 is 16.9. The Morgan fingerprint density at radius 1 is 0.437 bits per heavy atom. The van der Waals surface area contributed by atoms with E-state index in [2.05, 4.69) is 42.0 Å². The van der Waals surface area contributed by atoms with E-state index in [1.165, 1.54) is 53.3 Å². The summed E-state index contributed by atoms with van der Waals surface area (Å²) < 4.78 is 152. The van der Waals surface area contributed by atoms with Crippen molar-refractivity contribution in [3.05, 3.63) is 146 Å². The minimum atomic E-state index is -4.80. The van der Waals surface area contributed by atoms with Crippen molar-refractivity contribution in [1.82, 2.24) is 40.0 Å². The molecule has 5 heterocycles. The normalized spacial score (nSPS) is 17.9. The highest BCUT2D eigenvalue weighted by atomic mass is 35.5. The largest absolute Gasteiger partial charge is 0.453 e. The van der Waals surface area contributed by atoms with Crippen LogP contribution in [0.3, 0.4) is 0 Å². The van der Waals surface area contributed by atoms with E-state index >= 15 is 0 Å². The van der Waals surface area contributed by atoms with E-state index in [1.54, 1.807) is 51.8 Å². The number of methoxy groups -OCH3 is 1. The highest BCUT2D eigenvalue weighted by Crippen LogP contribution is 2.35. The summed E-state index contributed by atoms with van der Waals surface area (Å²) in [4.78, 5) is 130. The third kappa shape index (κ3) is 31.2. The van der Waals surface area contributed by atoms with Gasteiger partial charge in [0.2, 0.25) is 29.5 Å². The lowest BCUT2D eigenvalue weighted by Crippen LogP contribution is -2.48. The molecule has 654 valence electrons. The molecule has 5 aliphatic heterocycles. The fourth-order valence-corrected chi connectivity index (χ4v) is 13.2. The zero-order valence-corrected chi connectivity index (χ0v) is 68.9. The minimum Gasteiger partial charge on any atom is -0.453 e. The SMILES string of the molecule is CC(C)CNC(=O)N1CCCC(C(=O)Nc2ccc(Cl)c(F)c2)C1.CCCNC(=O)N1CCCC(C(=O)Nc2ccc(Cl)c(F)c2)C1.CCN(C)C(=O)N1CCCC(C(=O)Nc2ccc(Cl)c(F)c2)C1.CCOC(=O)N1CCCC(C(=O)Nc2ccc(C(F)(F)F)c(F)c2)C1.COC(=O)N1CCCC(C(=O)Nc2ccc(C(F)(F)F)c(F)c2)C1. The van der Waals surface area contributed by atoms with Crippen molar-refractivity contribution in [1.29, 1.82) is 0 Å². The molecule has 5 unspecified atom stereocenters. The van der Waals surface area contributed by atoms with Crippen LogP contribution in [-0.4, -0.2) is 195 Å². The molecule has 0 radical (unpaired) electrons. The molecule has 5 fully saturated rings. The zero-order chi connectivity index (χ0) is 88.0. The Bertz CT molecular complexity index is 4310. The van der Waals surface area contributed by atoms with Crippen molar-refractivity contribution >= 4 is 123 Å². The van der Waals surface area contributed by atoms with Gasteiger partial charge in [0.1, 0.15) is 29.1 Å². The van der Waals surface area contributed by atoms with Gasteiger partial charge in [-0.2, -0.15) is 26.3 Å². The van der Waals surface area contributed by atoms with Gasteiger partial charge in [-0.3, -0.25) is 24.0 Å². The van der Waals surface area contributed by atoms with Crippen molar-refractivity contribution in [3.63, 3.8) is 0 Å². The van der Waals surface area contributed by atoms with Crippen molar-refractivity contribution < 1.29 is 106 Å². The van der Waals surface area contributed by atoms with Crippen LogP contribution in [0, 0.1) is 64.6 Å². The molecule has 5 saturated heterocycles. The first kappa shape index (κ1) is 97.7. The standard InChI is InChI=1S/C17H23ClFN3O2.2C16H21ClFN3O2.C16H18F4N2O3.C15H16F4N2O3/c1-11(2)9-20-17(24)22-7-3-4-12(10-22)16(23)21-13-5-6-14(18)15(19)8-13;1-3-20(2)16(23)21-8-4-5-11(10-21)15(22)19-12-6-7-13(17)14(18)9-12;1-2-7-19-16(23)21-8-3-4-11(10-21)15(22)20-12-5-6-13(17)14(18)9-12;1-2-25-15(24)22-7-3-4-10(9-22)14(23)21-11-5-6-12(13(17)8-11)16(18,19)20;1-24-14(23)21-6-2-3-9(8-21)13(22)20-10-4-5-11(12(16)7-10)15(17,18)19/h5-6,8,11-12H,3-4,7,9-10H2,1-2H3,(H,20,24)(H,21,23);6-7,9,11H,3-5,8,10H2,1-2H3,(H,19,22);5-6,9,11H,2-4,7-8,10H2,1H3,(H,19,23)(H,20,22);5-6,8,10H,2-4,7,9H2,1H3,(H,21,23);4-5,7,9H,2-3,6,8H2,1H3,(H,20,22). The third-order valence-electron chi connectivity index (χ3n) is 19.4. The summed E-state index contributed by atoms with van der Waals surface area (Å²) in [5, 5.41) is 18.6. The Kier molecular flexibility index (Phi) is 38.6. The quantitative estimate of drug-likeness (QED) is 0.0454. The summed E-state index contributed by atoms with van der Waals surface area (Å²) in [5.74, 6) is -7.83. The Labute approximate surface area is 697 Å². The van der Waals surface area contributed by atoms with Gasteiger partial charge >= 0.3 is 42.6 Å². The van der Waals surface area contributed by atoms with Crippen molar-refractivity contribution in [2.24, 2.45) is 35.5 Å². The molecule has 0 aromatic heterocycles. The van der Waals surface area contributed by atoms with Crippen LogP contribution in [0.4, 0.5) is 101 Å². The molecule has 0 aliphatic carbocycles. The number of carbonyl (C=O) groups excluding carboxylic acids is 10. The molecule has 10 rings (SSSR count). The predicted octanol–water partition coefficient (Wildman–Crippen LogP) is 16.9. The summed E-state index contributed by atoms with van der Waals surface area (Å²) in [7, 11) is 2.97. The first-order valence-corrected chi connectivity index (χ1v) is 39.8. The number of amides is 13. The minimum absolute atomic E-state index is 0.0127. The lowest BCUT2D eigenvalue weighted by Gasteiger charge is -2.34. The van der Waals surface area contributed by atoms with Crippen molar-refractivity contribution in [3.8, 4) is 0 Å². The first-order chi connectivity index (χ1) is 56.2. The number of likely N-dealkylation sites (tertiary alicyclic amines) is 5. The molecule has 0 bridgehead atoms. The number of carbonyl (C=O) groups is 10. The Morgan fingerprint density at radius 3 is 1.03 bits per heavy atom. The lowest BCUT2D eigenvalue weighted by atomic mass is 9.97. The average Bonchev–Trinajstić information content (AvgIpc) is 0.827. The molecule has 5 aromatic carbocycles. The number of benzene rings is 5.